The summed E-state index contributed by atoms with van der Waals surface area (Å²) in [5, 5.41) is 4.69. The van der Waals surface area contributed by atoms with Crippen LogP contribution in [0.2, 0.25) is 0 Å². The minimum absolute atomic E-state index is 0.580. The molecule has 18 heavy (non-hydrogen) atoms. The summed E-state index contributed by atoms with van der Waals surface area (Å²) < 4.78 is 0. The number of hydrogen-bond donors (Lipinski definition) is 1. The third-order valence-corrected chi connectivity index (χ3v) is 3.64. The first kappa shape index (κ1) is 13.0. The van der Waals surface area contributed by atoms with E-state index in [0.29, 0.717) is 12.0 Å². The van der Waals surface area contributed by atoms with E-state index < -0.39 is 0 Å². The average Bonchev–Trinajstić information content (AvgIpc) is 2.39. The number of nitrogens with zero attached hydrogens (tertiary/aromatic N) is 1. The molecule has 1 heterocycles. The molecule has 2 rings (SSSR count). The summed E-state index contributed by atoms with van der Waals surface area (Å²) in [6.45, 7) is 4.54. The standard InChI is InChI=1S/C16H22N2/c1-12(2)15(17-3)10-9-13-6-4-8-16-14(13)7-5-11-18-16/h4-8,11-12,15,17H,9-10H2,1-3H3. The zero-order chi connectivity index (χ0) is 13.0. The van der Waals surface area contributed by atoms with E-state index in [1.54, 1.807) is 0 Å². The Hall–Kier alpha value is -1.41. The lowest BCUT2D eigenvalue weighted by atomic mass is 9.95. The summed E-state index contributed by atoms with van der Waals surface area (Å²) in [4.78, 5) is 4.41. The van der Waals surface area contributed by atoms with Gasteiger partial charge in [-0.05, 0) is 43.5 Å². The molecule has 0 spiro atoms. The molecular formula is C16H22N2. The fourth-order valence-corrected chi connectivity index (χ4v) is 2.51. The first-order valence-electron chi connectivity index (χ1n) is 6.72. The van der Waals surface area contributed by atoms with Gasteiger partial charge in [0.15, 0.2) is 0 Å². The molecule has 1 atom stereocenters. The van der Waals surface area contributed by atoms with Gasteiger partial charge in [-0.2, -0.15) is 0 Å². The van der Waals surface area contributed by atoms with E-state index in [9.17, 15) is 0 Å². The minimum atomic E-state index is 0.580. The molecule has 1 aromatic carbocycles. The van der Waals surface area contributed by atoms with Crippen molar-refractivity contribution in [2.24, 2.45) is 5.92 Å². The molecule has 1 aromatic heterocycles. The van der Waals surface area contributed by atoms with E-state index >= 15 is 0 Å². The predicted molar refractivity (Wildman–Crippen MR) is 77.7 cm³/mol. The highest BCUT2D eigenvalue weighted by Crippen LogP contribution is 2.19. The van der Waals surface area contributed by atoms with Crippen LogP contribution in [0.3, 0.4) is 0 Å². The Kier molecular flexibility index (Phi) is 4.32. The summed E-state index contributed by atoms with van der Waals surface area (Å²) in [5.41, 5.74) is 2.50. The lowest BCUT2D eigenvalue weighted by molar-refractivity contribution is 0.403. The van der Waals surface area contributed by atoms with Gasteiger partial charge in [-0.15, -0.1) is 0 Å². The molecule has 0 aliphatic rings. The molecule has 0 fully saturated rings. The van der Waals surface area contributed by atoms with Crippen LogP contribution in [0.5, 0.6) is 0 Å². The van der Waals surface area contributed by atoms with Gasteiger partial charge in [0.25, 0.3) is 0 Å². The summed E-state index contributed by atoms with van der Waals surface area (Å²) in [5.74, 6) is 0.670. The van der Waals surface area contributed by atoms with Gasteiger partial charge < -0.3 is 5.32 Å². The molecule has 96 valence electrons. The number of aryl methyl sites for hydroxylation is 1. The lowest BCUT2D eigenvalue weighted by Crippen LogP contribution is -2.31. The third-order valence-electron chi connectivity index (χ3n) is 3.64. The van der Waals surface area contributed by atoms with E-state index in [-0.39, 0.29) is 0 Å². The second-order valence-corrected chi connectivity index (χ2v) is 5.17. The van der Waals surface area contributed by atoms with E-state index in [1.165, 1.54) is 17.4 Å². The predicted octanol–water partition coefficient (Wildman–Crippen LogP) is 3.41. The van der Waals surface area contributed by atoms with Gasteiger partial charge in [0.2, 0.25) is 0 Å². The number of nitrogens with one attached hydrogen (secondary N) is 1. The normalized spacial score (nSPS) is 13.1. The van der Waals surface area contributed by atoms with E-state index in [0.717, 1.165) is 11.9 Å². The van der Waals surface area contributed by atoms with Gasteiger partial charge in [-0.1, -0.05) is 32.0 Å². The van der Waals surface area contributed by atoms with E-state index in [2.05, 4.69) is 55.5 Å². The Balaban J connectivity index is 2.17. The van der Waals surface area contributed by atoms with Gasteiger partial charge in [0, 0.05) is 17.6 Å². The Morgan fingerprint density at radius 1 is 1.17 bits per heavy atom. The molecule has 2 heteroatoms. The number of pyridine rings is 1. The maximum Gasteiger partial charge on any atom is 0.0704 e. The van der Waals surface area contributed by atoms with Crippen LogP contribution in [0.4, 0.5) is 0 Å². The molecule has 0 saturated heterocycles. The SMILES string of the molecule is CNC(CCc1cccc2ncccc12)C(C)C. The highest BCUT2D eigenvalue weighted by molar-refractivity contribution is 5.81. The summed E-state index contributed by atoms with van der Waals surface area (Å²) in [6, 6.07) is 11.2. The largest absolute Gasteiger partial charge is 0.317 e. The molecule has 1 unspecified atom stereocenters. The van der Waals surface area contributed by atoms with Crippen molar-refractivity contribution in [1.82, 2.24) is 10.3 Å². The number of aromatic nitrogens is 1. The molecular weight excluding hydrogens is 220 g/mol. The van der Waals surface area contributed by atoms with Crippen molar-refractivity contribution < 1.29 is 0 Å². The second-order valence-electron chi connectivity index (χ2n) is 5.17. The lowest BCUT2D eigenvalue weighted by Gasteiger charge is -2.20. The maximum atomic E-state index is 4.41. The van der Waals surface area contributed by atoms with Crippen molar-refractivity contribution in [3.05, 3.63) is 42.1 Å². The Bertz CT molecular complexity index is 500. The molecule has 1 N–H and O–H groups in total. The Morgan fingerprint density at radius 2 is 2.00 bits per heavy atom. The van der Waals surface area contributed by atoms with Crippen LogP contribution in [0, 0.1) is 5.92 Å². The topological polar surface area (TPSA) is 24.9 Å². The molecule has 0 aliphatic heterocycles. The number of benzene rings is 1. The van der Waals surface area contributed by atoms with Crippen LogP contribution < -0.4 is 5.32 Å². The molecule has 0 saturated carbocycles. The third kappa shape index (κ3) is 2.88. The first-order valence-corrected chi connectivity index (χ1v) is 6.72. The highest BCUT2D eigenvalue weighted by Gasteiger charge is 2.11. The van der Waals surface area contributed by atoms with Crippen molar-refractivity contribution in [2.75, 3.05) is 7.05 Å². The van der Waals surface area contributed by atoms with Crippen LogP contribution >= 0.6 is 0 Å². The van der Waals surface area contributed by atoms with Crippen molar-refractivity contribution in [2.45, 2.75) is 32.7 Å². The number of hydrogen-bond acceptors (Lipinski definition) is 2. The Morgan fingerprint density at radius 3 is 2.72 bits per heavy atom. The van der Waals surface area contributed by atoms with Gasteiger partial charge in [0.1, 0.15) is 0 Å². The van der Waals surface area contributed by atoms with Crippen molar-refractivity contribution >= 4 is 10.9 Å². The van der Waals surface area contributed by atoms with Gasteiger partial charge >= 0.3 is 0 Å². The van der Waals surface area contributed by atoms with Crippen LogP contribution in [0.1, 0.15) is 25.8 Å². The van der Waals surface area contributed by atoms with Crippen molar-refractivity contribution in [3.8, 4) is 0 Å². The molecule has 0 bridgehead atoms. The Labute approximate surface area is 109 Å². The van der Waals surface area contributed by atoms with Gasteiger partial charge in [0.05, 0.1) is 5.52 Å². The number of rotatable bonds is 5. The monoisotopic (exact) mass is 242 g/mol. The van der Waals surface area contributed by atoms with E-state index in [4.69, 9.17) is 0 Å². The zero-order valence-electron chi connectivity index (χ0n) is 11.5. The van der Waals surface area contributed by atoms with E-state index in [1.807, 2.05) is 12.3 Å². The highest BCUT2D eigenvalue weighted by atomic mass is 14.9. The fraction of sp³-hybridized carbons (Fsp3) is 0.438. The number of fused-ring (bicyclic) bond motifs is 1. The zero-order valence-corrected chi connectivity index (χ0v) is 11.5. The van der Waals surface area contributed by atoms with Crippen LogP contribution in [-0.4, -0.2) is 18.1 Å². The van der Waals surface area contributed by atoms with Crippen LogP contribution in [0.25, 0.3) is 10.9 Å². The fourth-order valence-electron chi connectivity index (χ4n) is 2.51. The second kappa shape index (κ2) is 5.96. The molecule has 0 amide bonds. The smallest absolute Gasteiger partial charge is 0.0704 e. The maximum absolute atomic E-state index is 4.41. The summed E-state index contributed by atoms with van der Waals surface area (Å²) >= 11 is 0. The summed E-state index contributed by atoms with van der Waals surface area (Å²) in [6.07, 6.45) is 4.13. The quantitative estimate of drug-likeness (QED) is 0.869. The van der Waals surface area contributed by atoms with Crippen LogP contribution in [0.15, 0.2) is 36.5 Å². The van der Waals surface area contributed by atoms with Gasteiger partial charge in [-0.3, -0.25) is 4.98 Å². The van der Waals surface area contributed by atoms with Crippen LogP contribution in [-0.2, 0) is 6.42 Å². The van der Waals surface area contributed by atoms with Gasteiger partial charge in [-0.25, -0.2) is 0 Å². The molecule has 0 aliphatic carbocycles. The minimum Gasteiger partial charge on any atom is -0.317 e. The van der Waals surface area contributed by atoms with Crippen molar-refractivity contribution in [3.63, 3.8) is 0 Å². The summed E-state index contributed by atoms with van der Waals surface area (Å²) in [7, 11) is 2.05. The molecule has 2 aromatic rings. The molecule has 2 nitrogen and oxygen atoms in total. The average molecular weight is 242 g/mol. The first-order chi connectivity index (χ1) is 8.72. The van der Waals surface area contributed by atoms with Crippen molar-refractivity contribution in [1.29, 1.82) is 0 Å². The molecule has 0 radical (unpaired) electrons.